The van der Waals surface area contributed by atoms with Crippen molar-refractivity contribution in [3.63, 3.8) is 0 Å². The summed E-state index contributed by atoms with van der Waals surface area (Å²) in [4.78, 5) is 0. The minimum absolute atomic E-state index is 0.888. The highest BCUT2D eigenvalue weighted by atomic mass is 15.4. The standard InChI is InChI=1S/C8H13N3/c9-11-4-2-7-1-3-10-5-8(7)6-11/h1,5,10H,2-4,6,9H2. The molecule has 0 spiro atoms. The zero-order valence-electron chi connectivity index (χ0n) is 6.51. The monoisotopic (exact) mass is 151 g/mol. The summed E-state index contributed by atoms with van der Waals surface area (Å²) in [5.41, 5.74) is 2.83. The fourth-order valence-corrected chi connectivity index (χ4v) is 1.56. The topological polar surface area (TPSA) is 41.3 Å². The van der Waals surface area contributed by atoms with Gasteiger partial charge in [0.15, 0.2) is 0 Å². The first-order valence-electron chi connectivity index (χ1n) is 3.98. The Bertz CT molecular complexity index is 217. The molecule has 1 saturated heterocycles. The molecule has 3 heteroatoms. The minimum Gasteiger partial charge on any atom is -0.387 e. The Labute approximate surface area is 66.5 Å². The van der Waals surface area contributed by atoms with Crippen molar-refractivity contribution >= 4 is 0 Å². The van der Waals surface area contributed by atoms with Gasteiger partial charge in [0.1, 0.15) is 0 Å². The van der Waals surface area contributed by atoms with Gasteiger partial charge < -0.3 is 5.32 Å². The first kappa shape index (κ1) is 6.88. The predicted molar refractivity (Wildman–Crippen MR) is 44.5 cm³/mol. The number of hydrazine groups is 1. The molecule has 0 atom stereocenters. The molecule has 2 heterocycles. The summed E-state index contributed by atoms with van der Waals surface area (Å²) >= 11 is 0. The van der Waals surface area contributed by atoms with Crippen molar-refractivity contribution in [1.29, 1.82) is 0 Å². The highest BCUT2D eigenvalue weighted by Crippen LogP contribution is 2.20. The first-order chi connectivity index (χ1) is 5.36. The average Bonchev–Trinajstić information content (AvgIpc) is 2.04. The molecule has 3 nitrogen and oxygen atoms in total. The van der Waals surface area contributed by atoms with E-state index in [0.29, 0.717) is 0 Å². The van der Waals surface area contributed by atoms with Crippen molar-refractivity contribution in [2.75, 3.05) is 19.6 Å². The molecule has 2 aliphatic rings. The summed E-state index contributed by atoms with van der Waals surface area (Å²) < 4.78 is 0. The average molecular weight is 151 g/mol. The quantitative estimate of drug-likeness (QED) is 0.478. The van der Waals surface area contributed by atoms with E-state index < -0.39 is 0 Å². The molecule has 0 radical (unpaired) electrons. The summed E-state index contributed by atoms with van der Waals surface area (Å²) in [6.45, 7) is 2.85. The molecule has 1 fully saturated rings. The van der Waals surface area contributed by atoms with Crippen LogP contribution >= 0.6 is 0 Å². The van der Waals surface area contributed by atoms with Crippen LogP contribution in [0.1, 0.15) is 6.42 Å². The number of nitrogens with one attached hydrogen (secondary N) is 1. The molecule has 0 aliphatic carbocycles. The van der Waals surface area contributed by atoms with E-state index >= 15 is 0 Å². The minimum atomic E-state index is 0.888. The second kappa shape index (κ2) is 2.68. The molecule has 60 valence electrons. The molecule has 0 saturated carbocycles. The van der Waals surface area contributed by atoms with Gasteiger partial charge in [0, 0.05) is 25.8 Å². The van der Waals surface area contributed by atoms with Gasteiger partial charge in [-0.25, -0.2) is 5.01 Å². The summed E-state index contributed by atoms with van der Waals surface area (Å²) in [6, 6.07) is 0. The van der Waals surface area contributed by atoms with Crippen LogP contribution in [0.3, 0.4) is 0 Å². The normalized spacial score (nSPS) is 24.8. The van der Waals surface area contributed by atoms with Gasteiger partial charge in [0.05, 0.1) is 0 Å². The van der Waals surface area contributed by atoms with Crippen LogP contribution in [0.25, 0.3) is 0 Å². The lowest BCUT2D eigenvalue weighted by molar-refractivity contribution is 0.294. The van der Waals surface area contributed by atoms with E-state index in [9.17, 15) is 0 Å². The van der Waals surface area contributed by atoms with E-state index in [2.05, 4.69) is 17.6 Å². The van der Waals surface area contributed by atoms with E-state index in [-0.39, 0.29) is 0 Å². The molecule has 2 rings (SSSR count). The van der Waals surface area contributed by atoms with E-state index in [1.165, 1.54) is 11.1 Å². The zero-order chi connectivity index (χ0) is 7.68. The number of hydrogen-bond acceptors (Lipinski definition) is 3. The van der Waals surface area contributed by atoms with Crippen molar-refractivity contribution in [3.05, 3.63) is 23.4 Å². The van der Waals surface area contributed by atoms with E-state index in [0.717, 1.165) is 26.1 Å². The number of rotatable bonds is 0. The number of nitrogens with zero attached hydrogens (tertiary/aromatic N) is 1. The molecule has 0 bridgehead atoms. The van der Waals surface area contributed by atoms with Crippen molar-refractivity contribution in [2.24, 2.45) is 5.84 Å². The molecule has 0 amide bonds. The van der Waals surface area contributed by atoms with Gasteiger partial charge in [-0.3, -0.25) is 5.84 Å². The molecular weight excluding hydrogens is 138 g/mol. The predicted octanol–water partition coefficient (Wildman–Crippen LogP) is -0.0207. The van der Waals surface area contributed by atoms with E-state index in [4.69, 9.17) is 5.84 Å². The van der Waals surface area contributed by atoms with Gasteiger partial charge >= 0.3 is 0 Å². The lowest BCUT2D eigenvalue weighted by atomic mass is 9.98. The van der Waals surface area contributed by atoms with Crippen molar-refractivity contribution in [3.8, 4) is 0 Å². The Morgan fingerprint density at radius 3 is 3.27 bits per heavy atom. The summed E-state index contributed by atoms with van der Waals surface area (Å²) in [6.07, 6.45) is 5.43. The zero-order valence-corrected chi connectivity index (χ0v) is 6.51. The van der Waals surface area contributed by atoms with E-state index in [1.807, 2.05) is 5.01 Å². The van der Waals surface area contributed by atoms with Crippen LogP contribution in [0.2, 0.25) is 0 Å². The summed E-state index contributed by atoms with van der Waals surface area (Å²) in [5.74, 6) is 5.68. The maximum Gasteiger partial charge on any atom is 0.0396 e. The molecule has 0 unspecified atom stereocenters. The Hall–Kier alpha value is -0.800. The van der Waals surface area contributed by atoms with Crippen LogP contribution in [0.4, 0.5) is 0 Å². The number of piperidine rings is 1. The third-order valence-electron chi connectivity index (χ3n) is 2.20. The SMILES string of the molecule is NN1CCC2=CCNC=C2C1. The Balaban J connectivity index is 2.16. The fraction of sp³-hybridized carbons (Fsp3) is 0.500. The lowest BCUT2D eigenvalue weighted by Crippen LogP contribution is -2.39. The van der Waals surface area contributed by atoms with Crippen LogP contribution < -0.4 is 11.2 Å². The molecule has 11 heavy (non-hydrogen) atoms. The fourth-order valence-electron chi connectivity index (χ4n) is 1.56. The summed E-state index contributed by atoms with van der Waals surface area (Å²) in [7, 11) is 0. The van der Waals surface area contributed by atoms with Gasteiger partial charge in [-0.15, -0.1) is 0 Å². The number of nitrogens with two attached hydrogens (primary N) is 1. The van der Waals surface area contributed by atoms with Crippen LogP contribution in [-0.4, -0.2) is 24.6 Å². The Morgan fingerprint density at radius 2 is 2.36 bits per heavy atom. The van der Waals surface area contributed by atoms with Crippen LogP contribution in [0.5, 0.6) is 0 Å². The maximum absolute atomic E-state index is 5.68. The lowest BCUT2D eigenvalue weighted by Gasteiger charge is -2.28. The summed E-state index contributed by atoms with van der Waals surface area (Å²) in [5, 5.41) is 5.04. The second-order valence-electron chi connectivity index (χ2n) is 3.03. The van der Waals surface area contributed by atoms with Crippen LogP contribution in [0.15, 0.2) is 23.4 Å². The molecule has 0 aromatic carbocycles. The van der Waals surface area contributed by atoms with Gasteiger partial charge in [0.25, 0.3) is 0 Å². The van der Waals surface area contributed by atoms with Crippen molar-refractivity contribution in [1.82, 2.24) is 10.3 Å². The van der Waals surface area contributed by atoms with Gasteiger partial charge in [-0.1, -0.05) is 6.08 Å². The Morgan fingerprint density at radius 1 is 1.45 bits per heavy atom. The maximum atomic E-state index is 5.68. The highest BCUT2D eigenvalue weighted by molar-refractivity contribution is 5.36. The van der Waals surface area contributed by atoms with Gasteiger partial charge in [0.2, 0.25) is 0 Å². The molecular formula is C8H13N3. The highest BCUT2D eigenvalue weighted by Gasteiger charge is 2.16. The second-order valence-corrected chi connectivity index (χ2v) is 3.03. The molecule has 3 N–H and O–H groups in total. The van der Waals surface area contributed by atoms with Gasteiger partial charge in [-0.05, 0) is 17.6 Å². The number of fused-ring (bicyclic) bond motifs is 1. The largest absolute Gasteiger partial charge is 0.387 e. The molecule has 0 aromatic heterocycles. The molecule has 0 aromatic rings. The van der Waals surface area contributed by atoms with Crippen LogP contribution in [0, 0.1) is 0 Å². The first-order valence-corrected chi connectivity index (χ1v) is 3.98. The third-order valence-corrected chi connectivity index (χ3v) is 2.20. The van der Waals surface area contributed by atoms with Gasteiger partial charge in [-0.2, -0.15) is 0 Å². The number of dihydropyridines is 1. The van der Waals surface area contributed by atoms with Crippen LogP contribution in [-0.2, 0) is 0 Å². The van der Waals surface area contributed by atoms with E-state index in [1.54, 1.807) is 0 Å². The third kappa shape index (κ3) is 1.29. The Kier molecular flexibility index (Phi) is 1.68. The van der Waals surface area contributed by atoms with Crippen molar-refractivity contribution < 1.29 is 0 Å². The number of hydrogen-bond donors (Lipinski definition) is 2. The smallest absolute Gasteiger partial charge is 0.0396 e. The van der Waals surface area contributed by atoms with Crippen molar-refractivity contribution in [2.45, 2.75) is 6.42 Å². The molecule has 2 aliphatic heterocycles.